The van der Waals surface area contributed by atoms with Crippen LogP contribution in [0.1, 0.15) is 32.1 Å². The molecule has 1 saturated carbocycles. The molecule has 0 heterocycles. The van der Waals surface area contributed by atoms with Crippen LogP contribution in [-0.4, -0.2) is 13.2 Å². The number of hydrogen-bond donors (Lipinski definition) is 0. The molecular formula is C9H17O. The van der Waals surface area contributed by atoms with Crippen molar-refractivity contribution in [2.45, 2.75) is 32.1 Å². The van der Waals surface area contributed by atoms with E-state index in [1.807, 2.05) is 0 Å². The number of rotatable bonds is 5. The maximum atomic E-state index is 5.44. The predicted octanol–water partition coefficient (Wildman–Crippen LogP) is 2.42. The van der Waals surface area contributed by atoms with Gasteiger partial charge in [0.25, 0.3) is 0 Å². The summed E-state index contributed by atoms with van der Waals surface area (Å²) in [5, 5.41) is 0. The Morgan fingerprint density at radius 3 is 2.70 bits per heavy atom. The Balaban J connectivity index is 1.76. The Bertz CT molecular complexity index is 76.8. The van der Waals surface area contributed by atoms with Crippen LogP contribution in [0.5, 0.6) is 0 Å². The fourth-order valence-electron chi connectivity index (χ4n) is 1.11. The minimum Gasteiger partial charge on any atom is -0.381 e. The van der Waals surface area contributed by atoms with Gasteiger partial charge in [-0.15, -0.1) is 0 Å². The molecule has 1 radical (unpaired) electrons. The molecule has 0 bridgehead atoms. The van der Waals surface area contributed by atoms with Gasteiger partial charge in [0.05, 0.1) is 0 Å². The Hall–Kier alpha value is -0.0400. The fraction of sp³-hybridized carbons (Fsp3) is 0.889. The summed E-state index contributed by atoms with van der Waals surface area (Å²) in [7, 11) is 0. The smallest absolute Gasteiger partial charge is 0.0494 e. The fourth-order valence-corrected chi connectivity index (χ4v) is 1.11. The average molecular weight is 141 g/mol. The predicted molar refractivity (Wildman–Crippen MR) is 42.8 cm³/mol. The van der Waals surface area contributed by atoms with Crippen LogP contribution in [0.4, 0.5) is 0 Å². The summed E-state index contributed by atoms with van der Waals surface area (Å²) < 4.78 is 5.44. The highest BCUT2D eigenvalue weighted by Gasteiger charge is 2.16. The van der Waals surface area contributed by atoms with E-state index in [-0.39, 0.29) is 0 Å². The number of hydrogen-bond acceptors (Lipinski definition) is 1. The second-order valence-electron chi connectivity index (χ2n) is 3.08. The molecule has 0 saturated heterocycles. The van der Waals surface area contributed by atoms with Gasteiger partial charge in [-0.25, -0.2) is 0 Å². The number of unbranched alkanes of at least 4 members (excludes halogenated alkanes) is 1. The Labute approximate surface area is 63.8 Å². The van der Waals surface area contributed by atoms with Crippen molar-refractivity contribution in [1.82, 2.24) is 0 Å². The zero-order chi connectivity index (χ0) is 7.23. The van der Waals surface area contributed by atoms with E-state index in [1.165, 1.54) is 19.3 Å². The van der Waals surface area contributed by atoms with Gasteiger partial charge in [0.15, 0.2) is 0 Å². The van der Waals surface area contributed by atoms with Crippen molar-refractivity contribution in [2.24, 2.45) is 5.92 Å². The molecule has 1 heteroatoms. The summed E-state index contributed by atoms with van der Waals surface area (Å²) in [6.07, 6.45) is 6.33. The highest BCUT2D eigenvalue weighted by atomic mass is 16.5. The molecule has 0 N–H and O–H groups in total. The monoisotopic (exact) mass is 141 g/mol. The highest BCUT2D eigenvalue weighted by molar-refractivity contribution is 4.68. The largest absolute Gasteiger partial charge is 0.381 e. The highest BCUT2D eigenvalue weighted by Crippen LogP contribution is 2.26. The van der Waals surface area contributed by atoms with Gasteiger partial charge in [0.2, 0.25) is 0 Å². The molecule has 0 aromatic rings. The first-order valence-electron chi connectivity index (χ1n) is 4.30. The van der Waals surface area contributed by atoms with E-state index >= 15 is 0 Å². The summed E-state index contributed by atoms with van der Waals surface area (Å²) in [4.78, 5) is 0. The van der Waals surface area contributed by atoms with Crippen LogP contribution in [-0.2, 0) is 4.74 Å². The first kappa shape index (κ1) is 8.06. The molecule has 1 fully saturated rings. The average Bonchev–Trinajstić information content (AvgIpc) is 1.84. The molecule has 0 atom stereocenters. The third-order valence-electron chi connectivity index (χ3n) is 2.12. The van der Waals surface area contributed by atoms with E-state index in [2.05, 4.69) is 6.92 Å². The van der Waals surface area contributed by atoms with Crippen LogP contribution >= 0.6 is 0 Å². The second-order valence-corrected chi connectivity index (χ2v) is 3.08. The van der Waals surface area contributed by atoms with E-state index in [0.29, 0.717) is 0 Å². The van der Waals surface area contributed by atoms with Crippen LogP contribution in [0.3, 0.4) is 0 Å². The van der Waals surface area contributed by atoms with Crippen molar-refractivity contribution < 1.29 is 4.74 Å². The maximum absolute atomic E-state index is 5.44. The van der Waals surface area contributed by atoms with E-state index in [4.69, 9.17) is 4.74 Å². The van der Waals surface area contributed by atoms with Crippen molar-refractivity contribution in [3.8, 4) is 0 Å². The van der Waals surface area contributed by atoms with Gasteiger partial charge in [-0.2, -0.15) is 0 Å². The quantitative estimate of drug-likeness (QED) is 0.534. The zero-order valence-electron chi connectivity index (χ0n) is 6.64. The third kappa shape index (κ3) is 2.70. The summed E-state index contributed by atoms with van der Waals surface area (Å²) in [5.74, 6) is 0.893. The SMILES string of the molecule is [CH2]CCCOCC1CCC1. The van der Waals surface area contributed by atoms with E-state index in [0.717, 1.165) is 32.0 Å². The molecule has 0 spiro atoms. The summed E-state index contributed by atoms with van der Waals surface area (Å²) in [6.45, 7) is 5.67. The van der Waals surface area contributed by atoms with Gasteiger partial charge in [0, 0.05) is 13.2 Å². The molecule has 59 valence electrons. The molecule has 10 heavy (non-hydrogen) atoms. The molecule has 0 aromatic carbocycles. The Kier molecular flexibility index (Phi) is 3.81. The maximum Gasteiger partial charge on any atom is 0.0494 e. The third-order valence-corrected chi connectivity index (χ3v) is 2.12. The molecule has 0 unspecified atom stereocenters. The van der Waals surface area contributed by atoms with Crippen LogP contribution in [0.25, 0.3) is 0 Å². The minimum atomic E-state index is 0.893. The molecule has 1 aliphatic carbocycles. The lowest BCUT2D eigenvalue weighted by molar-refractivity contribution is 0.0692. The summed E-state index contributed by atoms with van der Waals surface area (Å²) >= 11 is 0. The van der Waals surface area contributed by atoms with Gasteiger partial charge in [-0.1, -0.05) is 19.8 Å². The molecular weight excluding hydrogens is 124 g/mol. The van der Waals surface area contributed by atoms with E-state index < -0.39 is 0 Å². The normalized spacial score (nSPS) is 18.9. The zero-order valence-corrected chi connectivity index (χ0v) is 6.64. The first-order valence-corrected chi connectivity index (χ1v) is 4.30. The lowest BCUT2D eigenvalue weighted by Crippen LogP contribution is -2.17. The van der Waals surface area contributed by atoms with Gasteiger partial charge in [0.1, 0.15) is 0 Å². The topological polar surface area (TPSA) is 9.23 Å². The van der Waals surface area contributed by atoms with Crippen molar-refractivity contribution in [2.75, 3.05) is 13.2 Å². The van der Waals surface area contributed by atoms with Crippen molar-refractivity contribution >= 4 is 0 Å². The first-order chi connectivity index (χ1) is 4.93. The lowest BCUT2D eigenvalue weighted by atomic mass is 9.86. The van der Waals surface area contributed by atoms with Crippen LogP contribution in [0.2, 0.25) is 0 Å². The lowest BCUT2D eigenvalue weighted by Gasteiger charge is -2.24. The summed E-state index contributed by atoms with van der Waals surface area (Å²) in [6, 6.07) is 0. The molecule has 0 aromatic heterocycles. The molecule has 1 rings (SSSR count). The standard InChI is InChI=1S/C9H17O/c1-2-3-7-10-8-9-5-4-6-9/h9H,1-8H2. The number of ether oxygens (including phenoxy) is 1. The second kappa shape index (κ2) is 4.73. The van der Waals surface area contributed by atoms with E-state index in [1.54, 1.807) is 0 Å². The molecule has 0 amide bonds. The van der Waals surface area contributed by atoms with Crippen LogP contribution < -0.4 is 0 Å². The van der Waals surface area contributed by atoms with Gasteiger partial charge in [-0.05, 0) is 25.2 Å². The van der Waals surface area contributed by atoms with Crippen molar-refractivity contribution in [1.29, 1.82) is 0 Å². The Morgan fingerprint density at radius 2 is 2.20 bits per heavy atom. The molecule has 1 nitrogen and oxygen atoms in total. The van der Waals surface area contributed by atoms with Gasteiger partial charge >= 0.3 is 0 Å². The van der Waals surface area contributed by atoms with Gasteiger partial charge < -0.3 is 4.74 Å². The minimum absolute atomic E-state index is 0.893. The molecule has 1 aliphatic rings. The summed E-state index contributed by atoms with van der Waals surface area (Å²) in [5.41, 5.74) is 0. The van der Waals surface area contributed by atoms with Crippen LogP contribution in [0.15, 0.2) is 0 Å². The molecule has 0 aliphatic heterocycles. The van der Waals surface area contributed by atoms with Crippen molar-refractivity contribution in [3.63, 3.8) is 0 Å². The van der Waals surface area contributed by atoms with E-state index in [9.17, 15) is 0 Å². The van der Waals surface area contributed by atoms with Crippen LogP contribution in [0, 0.1) is 12.8 Å². The Morgan fingerprint density at radius 1 is 1.40 bits per heavy atom. The van der Waals surface area contributed by atoms with Gasteiger partial charge in [-0.3, -0.25) is 0 Å². The van der Waals surface area contributed by atoms with Crippen molar-refractivity contribution in [3.05, 3.63) is 6.92 Å².